The van der Waals surface area contributed by atoms with Crippen molar-refractivity contribution in [3.63, 3.8) is 0 Å². The van der Waals surface area contributed by atoms with Gasteiger partial charge < -0.3 is 4.74 Å². The Morgan fingerprint density at radius 3 is 0.886 bits per heavy atom. The molecule has 0 rings (SSSR count). The molecular formula is C17H7F25O2. The smallest absolute Gasteiger partial charge is 0.460 e. The fraction of sp³-hybridized carbons (Fsp3) is 0.824. The number of halogens is 25. The second-order valence-electron chi connectivity index (χ2n) is 7.95. The lowest BCUT2D eigenvalue weighted by atomic mass is 9.84. The average Bonchev–Trinajstić information content (AvgIpc) is 2.80. The van der Waals surface area contributed by atoms with Crippen LogP contribution >= 0.6 is 0 Å². The Morgan fingerprint density at radius 2 is 0.659 bits per heavy atom. The Labute approximate surface area is 223 Å². The summed E-state index contributed by atoms with van der Waals surface area (Å²) in [7, 11) is 0. The van der Waals surface area contributed by atoms with Crippen LogP contribution in [0.1, 0.15) is 6.92 Å². The van der Waals surface area contributed by atoms with Gasteiger partial charge in [0.15, 0.2) is 0 Å². The maximum atomic E-state index is 13.7. The predicted molar refractivity (Wildman–Crippen MR) is 86.2 cm³/mol. The number of hydrogen-bond acceptors (Lipinski definition) is 2. The molecule has 0 aliphatic heterocycles. The van der Waals surface area contributed by atoms with Crippen LogP contribution in [0.15, 0.2) is 12.2 Å². The number of allylic oxidation sites excluding steroid dienone is 1. The monoisotopic (exact) mass is 718 g/mol. The molecule has 44 heavy (non-hydrogen) atoms. The summed E-state index contributed by atoms with van der Waals surface area (Å²) < 4.78 is 336. The molecule has 0 aromatic heterocycles. The molecule has 262 valence electrons. The maximum absolute atomic E-state index is 13.7. The summed E-state index contributed by atoms with van der Waals surface area (Å²) in [5, 5.41) is 0. The van der Waals surface area contributed by atoms with Gasteiger partial charge in [-0.3, -0.25) is 0 Å². The van der Waals surface area contributed by atoms with Gasteiger partial charge in [0.05, 0.1) is 6.61 Å². The fourth-order valence-electron chi connectivity index (χ4n) is 2.43. The summed E-state index contributed by atoms with van der Waals surface area (Å²) in [6.45, 7) is 0.0337. The maximum Gasteiger partial charge on any atom is 0.460 e. The molecule has 0 saturated carbocycles. The Hall–Kier alpha value is -2.54. The van der Waals surface area contributed by atoms with Crippen molar-refractivity contribution in [1.82, 2.24) is 0 Å². The van der Waals surface area contributed by atoms with Gasteiger partial charge >= 0.3 is 77.3 Å². The zero-order valence-electron chi connectivity index (χ0n) is 19.6. The van der Waals surface area contributed by atoms with Crippen LogP contribution in [0.25, 0.3) is 0 Å². The number of carbonyl (C=O) groups is 1. The van der Waals surface area contributed by atoms with Gasteiger partial charge in [0.2, 0.25) is 0 Å². The molecule has 0 aromatic carbocycles. The summed E-state index contributed by atoms with van der Waals surface area (Å²) in [5.74, 6) is -101. The van der Waals surface area contributed by atoms with Crippen molar-refractivity contribution in [3.05, 3.63) is 12.2 Å². The van der Waals surface area contributed by atoms with E-state index in [2.05, 4.69) is 4.74 Å². The first-order valence-electron chi connectivity index (χ1n) is 9.79. The average molecular weight is 718 g/mol. The molecule has 0 spiro atoms. The van der Waals surface area contributed by atoms with E-state index in [1.165, 1.54) is 0 Å². The van der Waals surface area contributed by atoms with Crippen LogP contribution in [0.5, 0.6) is 0 Å². The normalized spacial score (nSPS) is 16.5. The Balaban J connectivity index is 7.28. The third kappa shape index (κ3) is 5.25. The molecule has 0 fully saturated rings. The molecule has 0 N–H and O–H groups in total. The van der Waals surface area contributed by atoms with Crippen LogP contribution in [-0.2, 0) is 9.53 Å². The highest BCUT2D eigenvalue weighted by Crippen LogP contribution is 2.67. The van der Waals surface area contributed by atoms with Gasteiger partial charge in [-0.15, -0.1) is 0 Å². The number of alkyl halides is 25. The minimum absolute atomic E-state index is 0.821. The molecule has 0 unspecified atom stereocenters. The van der Waals surface area contributed by atoms with Crippen LogP contribution < -0.4 is 0 Å². The van der Waals surface area contributed by atoms with Crippen LogP contribution in [0.3, 0.4) is 0 Å². The number of rotatable bonds is 13. The van der Waals surface area contributed by atoms with Crippen LogP contribution in [0.4, 0.5) is 110 Å². The van der Waals surface area contributed by atoms with E-state index >= 15 is 0 Å². The molecule has 0 aromatic rings. The molecule has 0 heterocycles. The molecule has 0 atom stereocenters. The number of carbonyl (C=O) groups excluding carboxylic acids is 1. The van der Waals surface area contributed by atoms with Crippen molar-refractivity contribution in [1.29, 1.82) is 0 Å². The van der Waals surface area contributed by atoms with Crippen molar-refractivity contribution >= 4 is 5.97 Å². The molecule has 0 bridgehead atoms. The number of esters is 1. The molecule has 0 radical (unpaired) electrons. The Morgan fingerprint density at radius 1 is 0.432 bits per heavy atom. The van der Waals surface area contributed by atoms with E-state index in [1.54, 1.807) is 0 Å². The largest absolute Gasteiger partial charge is 0.463 e. The first kappa shape index (κ1) is 41.5. The van der Waals surface area contributed by atoms with Crippen molar-refractivity contribution in [2.75, 3.05) is 6.61 Å². The Kier molecular flexibility index (Phi) is 10.2. The standard InChI is InChI=1S/C17H7F25O2/c1-2-44-5(43)3-4-6(18,19)7(20,21)8(22,23)9(24,25)10(26,27)11(28,29)12(30,31)13(32,33)14(34,35)15(36,37)16(38,39)17(40,41)42/h3-4H,2H2,1H3. The summed E-state index contributed by atoms with van der Waals surface area (Å²) in [4.78, 5) is 10.8. The lowest BCUT2D eigenvalue weighted by molar-refractivity contribution is -0.481. The van der Waals surface area contributed by atoms with E-state index in [9.17, 15) is 115 Å². The minimum Gasteiger partial charge on any atom is -0.463 e. The molecule has 0 aliphatic carbocycles. The lowest BCUT2D eigenvalue weighted by Crippen LogP contribution is -2.78. The van der Waals surface area contributed by atoms with Crippen molar-refractivity contribution < 1.29 is 119 Å². The molecule has 27 heteroatoms. The molecule has 0 aliphatic rings. The number of ether oxygens (including phenoxy) is 1. The van der Waals surface area contributed by atoms with Gasteiger partial charge in [-0.25, -0.2) is 4.79 Å². The summed E-state index contributed by atoms with van der Waals surface area (Å²) in [6.07, 6.45) is -11.1. The van der Waals surface area contributed by atoms with E-state index < -0.39 is 96.1 Å². The number of hydrogen-bond donors (Lipinski definition) is 0. The van der Waals surface area contributed by atoms with E-state index in [0.717, 1.165) is 6.92 Å². The zero-order chi connectivity index (χ0) is 36.4. The molecular weight excluding hydrogens is 711 g/mol. The van der Waals surface area contributed by atoms with Crippen molar-refractivity contribution in [2.45, 2.75) is 78.2 Å². The van der Waals surface area contributed by atoms with E-state index in [-0.39, 0.29) is 0 Å². The third-order valence-electron chi connectivity index (χ3n) is 5.04. The van der Waals surface area contributed by atoms with Gasteiger partial charge in [0, 0.05) is 6.08 Å². The van der Waals surface area contributed by atoms with Gasteiger partial charge in [0.1, 0.15) is 0 Å². The predicted octanol–water partition coefficient (Wildman–Crippen LogP) is 8.66. The summed E-state index contributed by atoms with van der Waals surface area (Å²) >= 11 is 0. The molecule has 0 saturated heterocycles. The highest BCUT2D eigenvalue weighted by Gasteiger charge is 2.99. The summed E-state index contributed by atoms with van der Waals surface area (Å²) in [5.41, 5.74) is 0. The van der Waals surface area contributed by atoms with Gasteiger partial charge in [-0.1, -0.05) is 0 Å². The van der Waals surface area contributed by atoms with Crippen LogP contribution in [0, 0.1) is 0 Å². The molecule has 2 nitrogen and oxygen atoms in total. The van der Waals surface area contributed by atoms with Gasteiger partial charge in [-0.05, 0) is 13.0 Å². The summed E-state index contributed by atoms with van der Waals surface area (Å²) in [6, 6.07) is 0. The van der Waals surface area contributed by atoms with Crippen molar-refractivity contribution in [3.8, 4) is 0 Å². The van der Waals surface area contributed by atoms with Gasteiger partial charge in [0.25, 0.3) is 0 Å². The first-order valence-corrected chi connectivity index (χ1v) is 9.79. The SMILES string of the molecule is CCOC(=O)C=CC(F)(F)C(F)(F)C(F)(F)C(F)(F)C(F)(F)C(F)(F)C(F)(F)C(F)(F)C(F)(F)C(F)(F)C(F)(F)C(F)(F)F. The zero-order valence-corrected chi connectivity index (χ0v) is 19.6. The van der Waals surface area contributed by atoms with E-state index in [4.69, 9.17) is 0 Å². The first-order chi connectivity index (χ1) is 18.7. The van der Waals surface area contributed by atoms with Crippen LogP contribution in [-0.4, -0.2) is 83.9 Å². The van der Waals surface area contributed by atoms with E-state index in [0.29, 0.717) is 0 Å². The van der Waals surface area contributed by atoms with E-state index in [1.807, 2.05) is 0 Å². The lowest BCUT2D eigenvalue weighted by Gasteiger charge is -2.45. The highest BCUT2D eigenvalue weighted by atomic mass is 19.4. The second kappa shape index (κ2) is 10.8. The fourth-order valence-corrected chi connectivity index (χ4v) is 2.43. The second-order valence-corrected chi connectivity index (χ2v) is 7.95. The van der Waals surface area contributed by atoms with Gasteiger partial charge in [-0.2, -0.15) is 110 Å². The molecule has 0 amide bonds. The third-order valence-corrected chi connectivity index (χ3v) is 5.04. The van der Waals surface area contributed by atoms with Crippen molar-refractivity contribution in [2.24, 2.45) is 0 Å². The quantitative estimate of drug-likeness (QED) is 0.108. The minimum atomic E-state index is -9.64. The Bertz CT molecular complexity index is 1080. The topological polar surface area (TPSA) is 26.3 Å². The highest BCUT2D eigenvalue weighted by molar-refractivity contribution is 5.82. The van der Waals surface area contributed by atoms with Crippen LogP contribution in [0.2, 0.25) is 0 Å².